The molecular formula is C48H40B2Mg. The summed E-state index contributed by atoms with van der Waals surface area (Å²) in [7, 11) is 0. The topological polar surface area (TPSA) is 0 Å². The van der Waals surface area contributed by atoms with Crippen molar-refractivity contribution in [3.05, 3.63) is 243 Å². The van der Waals surface area contributed by atoms with E-state index in [1.807, 2.05) is 0 Å². The van der Waals surface area contributed by atoms with Crippen molar-refractivity contribution in [3.8, 4) is 0 Å². The molecule has 8 aromatic carbocycles. The molecule has 0 aliphatic heterocycles. The Balaban J connectivity index is 0.000000172. The van der Waals surface area contributed by atoms with Crippen LogP contribution in [0.3, 0.4) is 0 Å². The van der Waals surface area contributed by atoms with Gasteiger partial charge < -0.3 is 0 Å². The largest absolute Gasteiger partial charge is 2.00 e. The molecule has 0 saturated heterocycles. The van der Waals surface area contributed by atoms with Gasteiger partial charge in [-0.2, -0.15) is 43.7 Å². The molecule has 0 radical (unpaired) electrons. The van der Waals surface area contributed by atoms with Crippen LogP contribution in [0.1, 0.15) is 0 Å². The van der Waals surface area contributed by atoms with Crippen LogP contribution in [0.2, 0.25) is 0 Å². The molecule has 0 amide bonds. The van der Waals surface area contributed by atoms with Crippen LogP contribution in [0.4, 0.5) is 0 Å². The standard InChI is InChI=1S/2C24H20B.Mg/c2*1-5-13-21(14-6-1)25(22-15-7-2-8-16-22,23-17-9-3-10-18-23)24-19-11-4-12-20-24;/h2*1-20H;/q2*-1;+2. The minimum absolute atomic E-state index is 0. The van der Waals surface area contributed by atoms with Crippen LogP contribution in [-0.2, 0) is 0 Å². The quantitative estimate of drug-likeness (QED) is 0.182. The summed E-state index contributed by atoms with van der Waals surface area (Å²) >= 11 is 0. The molecule has 8 aromatic rings. The number of rotatable bonds is 8. The normalized spacial score (nSPS) is 11.0. The van der Waals surface area contributed by atoms with Gasteiger partial charge in [-0.15, -0.1) is 0 Å². The van der Waals surface area contributed by atoms with Crippen molar-refractivity contribution in [1.82, 2.24) is 0 Å². The van der Waals surface area contributed by atoms with E-state index in [-0.39, 0.29) is 23.1 Å². The average molecular weight is 663 g/mol. The van der Waals surface area contributed by atoms with E-state index in [0.29, 0.717) is 0 Å². The molecule has 3 heteroatoms. The second-order valence-corrected chi connectivity index (χ2v) is 13.0. The third kappa shape index (κ3) is 7.14. The summed E-state index contributed by atoms with van der Waals surface area (Å²) in [6.07, 6.45) is -2.43. The fraction of sp³-hybridized carbons (Fsp3) is 0. The molecule has 0 bridgehead atoms. The smallest absolute Gasteiger partial charge is 0.195 e. The third-order valence-corrected chi connectivity index (χ3v) is 10.4. The second-order valence-electron chi connectivity index (χ2n) is 13.0. The van der Waals surface area contributed by atoms with E-state index in [1.165, 1.54) is 43.7 Å². The van der Waals surface area contributed by atoms with Gasteiger partial charge in [0.15, 0.2) is 0 Å². The van der Waals surface area contributed by atoms with E-state index >= 15 is 0 Å². The maximum atomic E-state index is 2.26. The first-order valence-corrected chi connectivity index (χ1v) is 17.6. The Hall–Kier alpha value is -5.34. The van der Waals surface area contributed by atoms with Gasteiger partial charge in [0.25, 0.3) is 0 Å². The van der Waals surface area contributed by atoms with Crippen LogP contribution >= 0.6 is 0 Å². The Bertz CT molecular complexity index is 1680. The van der Waals surface area contributed by atoms with Gasteiger partial charge in [0.05, 0.1) is 0 Å². The van der Waals surface area contributed by atoms with Crippen LogP contribution in [0.15, 0.2) is 243 Å². The molecule has 0 fully saturated rings. The van der Waals surface area contributed by atoms with Gasteiger partial charge in [0.1, 0.15) is 12.3 Å². The molecule has 0 heterocycles. The van der Waals surface area contributed by atoms with Gasteiger partial charge in [-0.3, -0.25) is 0 Å². The fourth-order valence-corrected chi connectivity index (χ4v) is 8.24. The maximum Gasteiger partial charge on any atom is 2.00 e. The number of hydrogen-bond acceptors (Lipinski definition) is 0. The molecule has 51 heavy (non-hydrogen) atoms. The van der Waals surface area contributed by atoms with Crippen molar-refractivity contribution >= 4 is 79.0 Å². The predicted octanol–water partition coefficient (Wildman–Crippen LogP) is 5.75. The van der Waals surface area contributed by atoms with Crippen molar-refractivity contribution in [1.29, 1.82) is 0 Å². The molecule has 0 aliphatic carbocycles. The summed E-state index contributed by atoms with van der Waals surface area (Å²) in [5.74, 6) is 0. The van der Waals surface area contributed by atoms with Gasteiger partial charge in [-0.25, -0.2) is 0 Å². The Morgan fingerprint density at radius 1 is 0.157 bits per heavy atom. The Morgan fingerprint density at radius 2 is 0.255 bits per heavy atom. The SMILES string of the molecule is [Mg+2].c1ccc([B-](c2ccccc2)(c2ccccc2)c2ccccc2)cc1.c1ccc([B-](c2ccccc2)(c2ccccc2)c2ccccc2)cc1. The molecule has 0 saturated carbocycles. The molecule has 0 nitrogen and oxygen atoms in total. The van der Waals surface area contributed by atoms with Crippen LogP contribution in [0, 0.1) is 0 Å². The van der Waals surface area contributed by atoms with E-state index in [1.54, 1.807) is 0 Å². The van der Waals surface area contributed by atoms with Crippen LogP contribution in [-0.4, -0.2) is 35.3 Å². The van der Waals surface area contributed by atoms with Gasteiger partial charge in [0.2, 0.25) is 0 Å². The van der Waals surface area contributed by atoms with Gasteiger partial charge in [-0.1, -0.05) is 243 Å². The monoisotopic (exact) mass is 662 g/mol. The summed E-state index contributed by atoms with van der Waals surface area (Å²) in [6.45, 7) is 0. The van der Waals surface area contributed by atoms with Gasteiger partial charge in [-0.05, 0) is 0 Å². The van der Waals surface area contributed by atoms with Crippen molar-refractivity contribution in [2.45, 2.75) is 0 Å². The zero-order valence-electron chi connectivity index (χ0n) is 29.0. The minimum Gasteiger partial charge on any atom is -0.195 e. The van der Waals surface area contributed by atoms with Crippen molar-refractivity contribution in [2.75, 3.05) is 0 Å². The van der Waals surface area contributed by atoms with Gasteiger partial charge >= 0.3 is 23.1 Å². The van der Waals surface area contributed by atoms with E-state index in [9.17, 15) is 0 Å². The third-order valence-electron chi connectivity index (χ3n) is 10.4. The van der Waals surface area contributed by atoms with Gasteiger partial charge in [0, 0.05) is 0 Å². The Labute approximate surface area is 319 Å². The molecule has 0 aromatic heterocycles. The molecule has 240 valence electrons. The average Bonchev–Trinajstić information content (AvgIpc) is 3.22. The molecule has 0 atom stereocenters. The first kappa shape index (κ1) is 35.5. The van der Waals surface area contributed by atoms with E-state index in [2.05, 4.69) is 243 Å². The zero-order valence-corrected chi connectivity index (χ0v) is 30.4. The Morgan fingerprint density at radius 3 is 0.353 bits per heavy atom. The number of hydrogen-bond donors (Lipinski definition) is 0. The second kappa shape index (κ2) is 17.0. The predicted molar refractivity (Wildman–Crippen MR) is 226 cm³/mol. The van der Waals surface area contributed by atoms with Crippen LogP contribution < -0.4 is 43.7 Å². The summed E-state index contributed by atoms with van der Waals surface area (Å²) in [6, 6.07) is 87.1. The first-order chi connectivity index (χ1) is 24.8. The van der Waals surface area contributed by atoms with Crippen LogP contribution in [0.5, 0.6) is 0 Å². The molecule has 0 N–H and O–H groups in total. The molecule has 0 spiro atoms. The van der Waals surface area contributed by atoms with Crippen molar-refractivity contribution in [3.63, 3.8) is 0 Å². The first-order valence-electron chi connectivity index (χ1n) is 17.6. The molecule has 0 unspecified atom stereocenters. The molecule has 0 aliphatic rings. The van der Waals surface area contributed by atoms with Crippen molar-refractivity contribution in [2.24, 2.45) is 0 Å². The van der Waals surface area contributed by atoms with E-state index in [4.69, 9.17) is 0 Å². The Kier molecular flexibility index (Phi) is 11.9. The molecule has 8 rings (SSSR count). The molecular weight excluding hydrogens is 622 g/mol. The van der Waals surface area contributed by atoms with Crippen LogP contribution in [0.25, 0.3) is 0 Å². The summed E-state index contributed by atoms with van der Waals surface area (Å²) in [5, 5.41) is 0. The summed E-state index contributed by atoms with van der Waals surface area (Å²) < 4.78 is 0. The van der Waals surface area contributed by atoms with E-state index in [0.717, 1.165) is 0 Å². The summed E-state index contributed by atoms with van der Waals surface area (Å²) in [5.41, 5.74) is 10.7. The fourth-order valence-electron chi connectivity index (χ4n) is 8.24. The van der Waals surface area contributed by atoms with E-state index < -0.39 is 12.3 Å². The minimum atomic E-state index is -1.22. The maximum absolute atomic E-state index is 2.26. The number of benzene rings is 8. The summed E-state index contributed by atoms with van der Waals surface area (Å²) in [4.78, 5) is 0. The zero-order chi connectivity index (χ0) is 33.9. The van der Waals surface area contributed by atoms with Crippen molar-refractivity contribution < 1.29 is 0 Å².